The van der Waals surface area contributed by atoms with Crippen molar-refractivity contribution < 1.29 is 0 Å². The Labute approximate surface area is 50.9 Å². The summed E-state index contributed by atoms with van der Waals surface area (Å²) >= 11 is 0. The molecule has 0 aromatic heterocycles. The topological polar surface area (TPSA) is 24.1 Å². The van der Waals surface area contributed by atoms with Gasteiger partial charge in [0, 0.05) is 18.7 Å². The minimum atomic E-state index is 1.03. The predicted octanol–water partition coefficient (Wildman–Crippen LogP) is 1.02. The number of hydrogen-bond donors (Lipinski definition) is 2. The number of hydrogen-bond acceptors (Lipinski definition) is 2. The number of rotatable bonds is 0. The first-order chi connectivity index (χ1) is 3.89. The van der Waals surface area contributed by atoms with Crippen molar-refractivity contribution in [1.29, 1.82) is 0 Å². The molecule has 0 aliphatic carbocycles. The Morgan fingerprint density at radius 3 is 2.25 bits per heavy atom. The van der Waals surface area contributed by atoms with E-state index in [1.54, 1.807) is 0 Å². The van der Waals surface area contributed by atoms with Crippen molar-refractivity contribution in [3.8, 4) is 0 Å². The molecule has 1 fully saturated rings. The molecule has 8 heavy (non-hydrogen) atoms. The van der Waals surface area contributed by atoms with Crippen molar-refractivity contribution in [2.75, 3.05) is 6.54 Å². The Morgan fingerprint density at radius 2 is 2.12 bits per heavy atom. The molecule has 0 radical (unpaired) electrons. The van der Waals surface area contributed by atoms with Gasteiger partial charge in [0.15, 0.2) is 0 Å². The fourth-order valence-corrected chi connectivity index (χ4v) is 0.463. The molecule has 1 rings (SSSR count). The lowest BCUT2D eigenvalue weighted by Gasteiger charge is -1.88. The van der Waals surface area contributed by atoms with Crippen LogP contribution < -0.4 is 10.9 Å². The fraction of sp³-hybridized carbons (Fsp3) is 0.667. The van der Waals surface area contributed by atoms with Crippen molar-refractivity contribution >= 4 is 0 Å². The molecule has 0 bridgehead atoms. The van der Waals surface area contributed by atoms with Gasteiger partial charge in [-0.15, -0.1) is 0 Å². The van der Waals surface area contributed by atoms with Gasteiger partial charge in [-0.1, -0.05) is 20.4 Å². The molecule has 2 heteroatoms. The third kappa shape index (κ3) is 2.64. The lowest BCUT2D eigenvalue weighted by Crippen LogP contribution is -2.19. The summed E-state index contributed by atoms with van der Waals surface area (Å²) in [6.07, 6.45) is 1.07. The van der Waals surface area contributed by atoms with Gasteiger partial charge in [0.2, 0.25) is 0 Å². The molecule has 2 N–H and O–H groups in total. The summed E-state index contributed by atoms with van der Waals surface area (Å²) in [7, 11) is 0. The van der Waals surface area contributed by atoms with Crippen LogP contribution in [0.5, 0.6) is 0 Å². The highest BCUT2D eigenvalue weighted by Gasteiger charge is 1.97. The molecule has 1 heterocycles. The third-order valence-corrected chi connectivity index (χ3v) is 0.817. The highest BCUT2D eigenvalue weighted by atomic mass is 15.4. The van der Waals surface area contributed by atoms with Crippen LogP contribution in [0.4, 0.5) is 0 Å². The van der Waals surface area contributed by atoms with Gasteiger partial charge in [0.05, 0.1) is 0 Å². The second kappa shape index (κ2) is 4.65. The quantitative estimate of drug-likeness (QED) is 0.491. The third-order valence-electron chi connectivity index (χ3n) is 0.817. The molecular weight excluding hydrogens is 100 g/mol. The largest absolute Gasteiger partial charge is 0.326 e. The van der Waals surface area contributed by atoms with Gasteiger partial charge in [0.25, 0.3) is 0 Å². The molecule has 0 atom stereocenters. The molecule has 1 aliphatic rings. The van der Waals surface area contributed by atoms with Gasteiger partial charge in [-0.3, -0.25) is 0 Å². The van der Waals surface area contributed by atoms with Crippen LogP contribution >= 0.6 is 0 Å². The maximum absolute atomic E-state index is 3.68. The average molecular weight is 114 g/mol. The molecule has 1 aliphatic heterocycles. The molecular formula is C6H14N2. The van der Waals surface area contributed by atoms with Crippen LogP contribution in [0.3, 0.4) is 0 Å². The monoisotopic (exact) mass is 114 g/mol. The van der Waals surface area contributed by atoms with Crippen LogP contribution in [-0.2, 0) is 0 Å². The Balaban J connectivity index is 0.000000222. The SMILES string of the molecule is C=C1CCNN1.CC. The Hall–Kier alpha value is -0.500. The van der Waals surface area contributed by atoms with Crippen molar-refractivity contribution in [1.82, 2.24) is 10.9 Å². The zero-order chi connectivity index (χ0) is 6.41. The summed E-state index contributed by atoms with van der Waals surface area (Å²) in [6, 6.07) is 0. The van der Waals surface area contributed by atoms with Gasteiger partial charge < -0.3 is 5.43 Å². The van der Waals surface area contributed by atoms with E-state index in [1.807, 2.05) is 13.8 Å². The minimum Gasteiger partial charge on any atom is -0.326 e. The summed E-state index contributed by atoms with van der Waals surface area (Å²) in [5, 5.41) is 0. The molecule has 0 unspecified atom stereocenters. The van der Waals surface area contributed by atoms with Gasteiger partial charge >= 0.3 is 0 Å². The van der Waals surface area contributed by atoms with Crippen LogP contribution in [0.2, 0.25) is 0 Å². The van der Waals surface area contributed by atoms with E-state index in [4.69, 9.17) is 0 Å². The summed E-state index contributed by atoms with van der Waals surface area (Å²) in [6.45, 7) is 8.71. The summed E-state index contributed by atoms with van der Waals surface area (Å²) in [5.41, 5.74) is 6.89. The number of nitrogens with one attached hydrogen (secondary N) is 2. The first-order valence-electron chi connectivity index (χ1n) is 3.06. The summed E-state index contributed by atoms with van der Waals surface area (Å²) in [4.78, 5) is 0. The lowest BCUT2D eigenvalue weighted by atomic mass is 10.4. The van der Waals surface area contributed by atoms with E-state index in [9.17, 15) is 0 Å². The first-order valence-corrected chi connectivity index (χ1v) is 3.06. The average Bonchev–Trinajstić information content (AvgIpc) is 2.24. The van der Waals surface area contributed by atoms with Crippen molar-refractivity contribution in [3.05, 3.63) is 12.3 Å². The van der Waals surface area contributed by atoms with Crippen molar-refractivity contribution in [3.63, 3.8) is 0 Å². The lowest BCUT2D eigenvalue weighted by molar-refractivity contribution is 0.722. The molecule has 0 amide bonds. The maximum Gasteiger partial charge on any atom is 0.0203 e. The summed E-state index contributed by atoms with van der Waals surface area (Å²) < 4.78 is 0. The number of hydrazine groups is 1. The van der Waals surface area contributed by atoms with E-state index in [-0.39, 0.29) is 0 Å². The maximum atomic E-state index is 3.68. The smallest absolute Gasteiger partial charge is 0.0203 e. The van der Waals surface area contributed by atoms with Crippen LogP contribution in [0.25, 0.3) is 0 Å². The molecule has 0 saturated carbocycles. The fourth-order valence-electron chi connectivity index (χ4n) is 0.463. The van der Waals surface area contributed by atoms with E-state index >= 15 is 0 Å². The zero-order valence-corrected chi connectivity index (χ0v) is 5.62. The van der Waals surface area contributed by atoms with E-state index in [2.05, 4.69) is 17.4 Å². The molecule has 0 aromatic carbocycles. The standard InChI is InChI=1S/C4H8N2.C2H6/c1-4-2-3-5-6-4;1-2/h5-6H,1-3H2;1-2H3. The normalized spacial score (nSPS) is 16.5. The van der Waals surface area contributed by atoms with Gasteiger partial charge in [-0.05, 0) is 0 Å². The second-order valence-corrected chi connectivity index (χ2v) is 1.41. The zero-order valence-electron chi connectivity index (χ0n) is 5.62. The Kier molecular flexibility index (Phi) is 4.36. The summed E-state index contributed by atoms with van der Waals surface area (Å²) in [5.74, 6) is 0. The predicted molar refractivity (Wildman–Crippen MR) is 36.2 cm³/mol. The van der Waals surface area contributed by atoms with Crippen molar-refractivity contribution in [2.45, 2.75) is 20.3 Å². The van der Waals surface area contributed by atoms with Gasteiger partial charge in [0.1, 0.15) is 0 Å². The van der Waals surface area contributed by atoms with E-state index < -0.39 is 0 Å². The highest BCUT2D eigenvalue weighted by Crippen LogP contribution is 1.92. The highest BCUT2D eigenvalue weighted by molar-refractivity contribution is 4.93. The van der Waals surface area contributed by atoms with E-state index in [0.29, 0.717) is 0 Å². The van der Waals surface area contributed by atoms with E-state index in [1.165, 1.54) is 0 Å². The molecule has 2 nitrogen and oxygen atoms in total. The second-order valence-electron chi connectivity index (χ2n) is 1.41. The van der Waals surface area contributed by atoms with Gasteiger partial charge in [-0.25, -0.2) is 5.43 Å². The van der Waals surface area contributed by atoms with Crippen LogP contribution in [0.1, 0.15) is 20.3 Å². The Morgan fingerprint density at radius 1 is 1.50 bits per heavy atom. The Bertz CT molecular complexity index is 60.9. The first kappa shape index (κ1) is 7.50. The molecule has 48 valence electrons. The molecule has 0 spiro atoms. The van der Waals surface area contributed by atoms with Crippen molar-refractivity contribution in [2.24, 2.45) is 0 Å². The van der Waals surface area contributed by atoms with Crippen LogP contribution in [0, 0.1) is 0 Å². The van der Waals surface area contributed by atoms with E-state index in [0.717, 1.165) is 18.7 Å². The molecule has 1 saturated heterocycles. The molecule has 0 aromatic rings. The minimum absolute atomic E-state index is 1.03. The van der Waals surface area contributed by atoms with Crippen LogP contribution in [0.15, 0.2) is 12.3 Å². The van der Waals surface area contributed by atoms with Crippen LogP contribution in [-0.4, -0.2) is 6.54 Å². The van der Waals surface area contributed by atoms with Gasteiger partial charge in [-0.2, -0.15) is 0 Å².